The van der Waals surface area contributed by atoms with Crippen LogP contribution in [0.3, 0.4) is 0 Å². The van der Waals surface area contributed by atoms with Crippen molar-refractivity contribution in [3.05, 3.63) is 46.7 Å². The molecular weight excluding hydrogens is 455 g/mol. The van der Waals surface area contributed by atoms with Gasteiger partial charge in [-0.2, -0.15) is 6.08 Å². The molecule has 0 atom stereocenters. The molecular formula is C22H38Cl2OSi2Ti. The van der Waals surface area contributed by atoms with Crippen molar-refractivity contribution in [2.45, 2.75) is 72.3 Å². The molecule has 1 nitrogen and oxygen atoms in total. The zero-order valence-corrected chi connectivity index (χ0v) is 24.2. The molecule has 0 aliphatic heterocycles. The Morgan fingerprint density at radius 1 is 1.11 bits per heavy atom. The maximum atomic E-state index is 10.0. The molecule has 1 aliphatic rings. The van der Waals surface area contributed by atoms with Crippen LogP contribution in [0.1, 0.15) is 38.3 Å². The summed E-state index contributed by atoms with van der Waals surface area (Å²) in [5.41, 5.74) is 2.56. The molecule has 0 amide bonds. The minimum atomic E-state index is -1.01. The summed E-state index contributed by atoms with van der Waals surface area (Å²) in [4.78, 5) is 3.25. The summed E-state index contributed by atoms with van der Waals surface area (Å²) in [6.07, 6.45) is 8.82. The van der Waals surface area contributed by atoms with E-state index in [1.54, 1.807) is 20.0 Å². The van der Waals surface area contributed by atoms with E-state index in [0.717, 1.165) is 12.0 Å². The number of aromatic hydroxyl groups is 1. The number of phenols is 1. The number of phenolic OH excluding ortho intramolecular Hbond substituents is 1. The standard InChI is InChI=1S/C13H21OSi.C8H13Si.CH2.2ClH.Ti/c1-9-7-10(13(2,3)4)12(15(5)6)11(14)8-9;1-9(2,3)8-6-4-5-7-8;;;;/h7-8,14H,1-6H3;4,6H,5H2,1-3H3;1H2;2*1H;/q;-1;;;;+1. The number of aryl methyl sites for hydroxylation is 1. The van der Waals surface area contributed by atoms with Crippen molar-refractivity contribution in [1.82, 2.24) is 0 Å². The van der Waals surface area contributed by atoms with Gasteiger partial charge in [-0.15, -0.1) is 31.2 Å². The predicted octanol–water partition coefficient (Wildman–Crippen LogP) is 6.32. The fourth-order valence-electron chi connectivity index (χ4n) is 2.80. The van der Waals surface area contributed by atoms with Gasteiger partial charge in [-0.25, -0.2) is 11.3 Å². The first-order valence-corrected chi connectivity index (χ1v) is 16.2. The van der Waals surface area contributed by atoms with E-state index in [1.807, 2.05) is 13.0 Å². The van der Waals surface area contributed by atoms with Crippen LogP contribution in [0.5, 0.6) is 5.75 Å². The minimum absolute atomic E-state index is 0. The summed E-state index contributed by atoms with van der Waals surface area (Å²) < 4.78 is 0. The van der Waals surface area contributed by atoms with E-state index >= 15 is 0 Å². The number of rotatable bonds is 2. The Morgan fingerprint density at radius 2 is 1.61 bits per heavy atom. The van der Waals surface area contributed by atoms with E-state index in [9.17, 15) is 5.11 Å². The molecule has 0 spiro atoms. The summed E-state index contributed by atoms with van der Waals surface area (Å²) in [5.74, 6) is 0.485. The number of halogens is 2. The number of hydrogen-bond donors (Lipinski definition) is 1. The topological polar surface area (TPSA) is 20.2 Å². The molecule has 1 N–H and O–H groups in total. The summed E-state index contributed by atoms with van der Waals surface area (Å²) in [7, 11) is -1.63. The van der Waals surface area contributed by atoms with E-state index in [-0.39, 0.29) is 30.2 Å². The van der Waals surface area contributed by atoms with Gasteiger partial charge in [0.2, 0.25) is 0 Å². The number of hydrogen-bond acceptors (Lipinski definition) is 1. The second-order valence-electron chi connectivity index (χ2n) is 8.90. The first kappa shape index (κ1) is 32.8. The molecule has 0 saturated carbocycles. The Morgan fingerprint density at radius 3 is 1.89 bits per heavy atom. The third kappa shape index (κ3) is 10.8. The van der Waals surface area contributed by atoms with E-state index in [4.69, 9.17) is 0 Å². The molecule has 28 heavy (non-hydrogen) atoms. The second-order valence-corrected chi connectivity index (χ2v) is 16.4. The van der Waals surface area contributed by atoms with Crippen molar-refractivity contribution in [3.63, 3.8) is 0 Å². The summed E-state index contributed by atoms with van der Waals surface area (Å²) >= 11 is 1.75. The van der Waals surface area contributed by atoms with Crippen molar-refractivity contribution in [2.24, 2.45) is 0 Å². The fraction of sp³-hybridized carbons (Fsp3) is 0.500. The first-order chi connectivity index (χ1) is 11.8. The quantitative estimate of drug-likeness (QED) is 0.378. The monoisotopic (exact) mass is 492 g/mol. The fourth-order valence-corrected chi connectivity index (χ4v) is 5.62. The van der Waals surface area contributed by atoms with E-state index < -0.39 is 16.9 Å². The predicted molar refractivity (Wildman–Crippen MR) is 134 cm³/mol. The molecule has 1 aromatic rings. The molecule has 158 valence electrons. The van der Waals surface area contributed by atoms with Crippen molar-refractivity contribution < 1.29 is 25.1 Å². The van der Waals surface area contributed by atoms with E-state index in [0.29, 0.717) is 5.75 Å². The average molecular weight is 493 g/mol. The van der Waals surface area contributed by atoms with Crippen LogP contribution in [0.2, 0.25) is 32.7 Å². The van der Waals surface area contributed by atoms with Crippen molar-refractivity contribution in [1.29, 1.82) is 0 Å². The van der Waals surface area contributed by atoms with Crippen LogP contribution in [0.25, 0.3) is 0 Å². The Labute approximate surface area is 200 Å². The number of allylic oxidation sites excluding steroid dienone is 4. The maximum absolute atomic E-state index is 10.0. The van der Waals surface area contributed by atoms with Gasteiger partial charge in [0.15, 0.2) is 0 Å². The van der Waals surface area contributed by atoms with Crippen LogP contribution >= 0.6 is 24.8 Å². The molecule has 1 aromatic carbocycles. The SMILES string of the molecule is C[Si](C)(C)C1=[C-]CC=C1.Cc1cc(O)c([Si](C)C)c(C(C)(C)C)c1.Cl.Cl.[CH2]=[Ti+]. The van der Waals surface area contributed by atoms with Gasteiger partial charge in [-0.1, -0.05) is 59.6 Å². The van der Waals surface area contributed by atoms with Crippen LogP contribution < -0.4 is 5.19 Å². The van der Waals surface area contributed by atoms with Gasteiger partial charge in [0.25, 0.3) is 0 Å². The van der Waals surface area contributed by atoms with E-state index in [2.05, 4.69) is 82.6 Å². The van der Waals surface area contributed by atoms with Gasteiger partial charge in [0, 0.05) is 8.07 Å². The molecule has 0 aromatic heterocycles. The van der Waals surface area contributed by atoms with Gasteiger partial charge in [-0.3, -0.25) is 6.08 Å². The van der Waals surface area contributed by atoms with Gasteiger partial charge >= 0.3 is 24.8 Å². The molecule has 0 heterocycles. The van der Waals surface area contributed by atoms with Crippen molar-refractivity contribution in [3.8, 4) is 5.75 Å². The Hall–Kier alpha value is 0.0981. The molecule has 1 aliphatic carbocycles. The summed E-state index contributed by atoms with van der Waals surface area (Å²) in [6, 6.07) is 4.09. The summed E-state index contributed by atoms with van der Waals surface area (Å²) in [5, 5.41) is 12.7. The molecule has 1 radical (unpaired) electrons. The van der Waals surface area contributed by atoms with Gasteiger partial charge in [-0.05, 0) is 34.7 Å². The van der Waals surface area contributed by atoms with Crippen LogP contribution in [0.4, 0.5) is 0 Å². The average Bonchev–Trinajstić information content (AvgIpc) is 3.02. The molecule has 0 saturated heterocycles. The second kappa shape index (κ2) is 14.2. The van der Waals surface area contributed by atoms with Crippen molar-refractivity contribution in [2.75, 3.05) is 0 Å². The third-order valence-corrected chi connectivity index (χ3v) is 7.56. The van der Waals surface area contributed by atoms with Crippen LogP contribution in [0, 0.1) is 13.0 Å². The zero-order chi connectivity index (χ0) is 20.7. The Balaban J connectivity index is -0.000000416. The molecule has 0 bridgehead atoms. The summed E-state index contributed by atoms with van der Waals surface area (Å²) in [6.45, 7) is 20.2. The molecule has 2 rings (SSSR count). The first-order valence-electron chi connectivity index (χ1n) is 9.12. The molecule has 0 fully saturated rings. The number of benzene rings is 1. The molecule has 0 unspecified atom stereocenters. The zero-order valence-electron chi connectivity index (χ0n) is 19.0. The normalized spacial score (nSPS) is 12.6. The van der Waals surface area contributed by atoms with Gasteiger partial charge < -0.3 is 5.11 Å². The molecule has 6 heteroatoms. The Kier molecular flexibility index (Phi) is 16.6. The van der Waals surface area contributed by atoms with Crippen molar-refractivity contribution >= 4 is 51.7 Å². The van der Waals surface area contributed by atoms with Gasteiger partial charge in [0.05, 0.1) is 8.80 Å². The van der Waals surface area contributed by atoms with E-state index in [1.165, 1.54) is 15.9 Å². The third-order valence-electron chi connectivity index (χ3n) is 4.07. The van der Waals surface area contributed by atoms with Crippen LogP contribution in [-0.2, 0) is 25.4 Å². The van der Waals surface area contributed by atoms with Crippen LogP contribution in [-0.4, -0.2) is 26.8 Å². The van der Waals surface area contributed by atoms with Crippen LogP contribution in [0.15, 0.2) is 29.5 Å². The van der Waals surface area contributed by atoms with Gasteiger partial charge in [0.1, 0.15) is 5.75 Å². The Bertz CT molecular complexity index is 658.